The lowest BCUT2D eigenvalue weighted by molar-refractivity contribution is 0.0979. The lowest BCUT2D eigenvalue weighted by Crippen LogP contribution is -2.13. The van der Waals surface area contributed by atoms with Crippen LogP contribution in [0.3, 0.4) is 0 Å². The van der Waals surface area contributed by atoms with Crippen LogP contribution in [0.15, 0.2) is 30.6 Å². The van der Waals surface area contributed by atoms with Crippen LogP contribution in [0.25, 0.3) is 11.0 Å². The maximum atomic E-state index is 5.63. The van der Waals surface area contributed by atoms with Crippen molar-refractivity contribution in [1.29, 1.82) is 0 Å². The van der Waals surface area contributed by atoms with Gasteiger partial charge in [-0.05, 0) is 25.0 Å². The van der Waals surface area contributed by atoms with Gasteiger partial charge in [0.15, 0.2) is 0 Å². The molecule has 1 aromatic carbocycles. The zero-order valence-corrected chi connectivity index (χ0v) is 8.60. The number of rotatable bonds is 2. The minimum absolute atomic E-state index is 0.377. The monoisotopic (exact) mass is 202 g/mol. The van der Waals surface area contributed by atoms with Gasteiger partial charge in [-0.1, -0.05) is 12.1 Å². The van der Waals surface area contributed by atoms with Gasteiger partial charge in [0.05, 0.1) is 30.0 Å². The molecule has 3 rings (SSSR count). The average molecular weight is 202 g/mol. The fourth-order valence-electron chi connectivity index (χ4n) is 2.16. The molecule has 2 heterocycles. The van der Waals surface area contributed by atoms with Crippen molar-refractivity contribution in [1.82, 2.24) is 9.55 Å². The molecule has 2 aromatic rings. The normalized spacial score (nSPS) is 21.2. The Kier molecular flexibility index (Phi) is 2.18. The summed E-state index contributed by atoms with van der Waals surface area (Å²) in [6.07, 6.45) is 4.65. The van der Waals surface area contributed by atoms with E-state index >= 15 is 0 Å². The van der Waals surface area contributed by atoms with Crippen LogP contribution in [0.2, 0.25) is 0 Å². The van der Waals surface area contributed by atoms with E-state index in [0.29, 0.717) is 6.10 Å². The third-order valence-corrected chi connectivity index (χ3v) is 2.95. The Morgan fingerprint density at radius 1 is 1.40 bits per heavy atom. The van der Waals surface area contributed by atoms with E-state index in [1.54, 1.807) is 0 Å². The molecule has 3 nitrogen and oxygen atoms in total. The largest absolute Gasteiger partial charge is 0.376 e. The van der Waals surface area contributed by atoms with Crippen LogP contribution < -0.4 is 0 Å². The van der Waals surface area contributed by atoms with Crippen molar-refractivity contribution < 1.29 is 4.74 Å². The Balaban J connectivity index is 1.90. The molecule has 15 heavy (non-hydrogen) atoms. The summed E-state index contributed by atoms with van der Waals surface area (Å²) in [5.74, 6) is 0. The second-order valence-electron chi connectivity index (χ2n) is 4.02. The second kappa shape index (κ2) is 3.66. The molecule has 0 bridgehead atoms. The standard InChI is InChI=1S/C12H14N2O/c1-2-6-12-11(5-1)13-9-14(12)8-10-4-3-7-15-10/h1-2,5-6,9-10H,3-4,7-8H2. The molecule has 0 radical (unpaired) electrons. The number of imidazole rings is 1. The summed E-state index contributed by atoms with van der Waals surface area (Å²) < 4.78 is 7.81. The molecular formula is C12H14N2O. The maximum Gasteiger partial charge on any atom is 0.0959 e. The number of hydrogen-bond acceptors (Lipinski definition) is 2. The number of hydrogen-bond donors (Lipinski definition) is 0. The molecule has 0 spiro atoms. The zero-order chi connectivity index (χ0) is 10.1. The van der Waals surface area contributed by atoms with Crippen molar-refractivity contribution in [3.63, 3.8) is 0 Å². The number of nitrogens with zero attached hydrogens (tertiary/aromatic N) is 2. The number of para-hydroxylation sites is 2. The third kappa shape index (κ3) is 1.63. The maximum absolute atomic E-state index is 5.63. The van der Waals surface area contributed by atoms with Gasteiger partial charge < -0.3 is 9.30 Å². The van der Waals surface area contributed by atoms with Crippen LogP contribution >= 0.6 is 0 Å². The molecule has 1 saturated heterocycles. The Morgan fingerprint density at radius 2 is 2.33 bits per heavy atom. The van der Waals surface area contributed by atoms with Crippen LogP contribution in [0.5, 0.6) is 0 Å². The number of benzene rings is 1. The molecule has 1 aliphatic rings. The lowest BCUT2D eigenvalue weighted by atomic mass is 10.2. The highest BCUT2D eigenvalue weighted by Crippen LogP contribution is 2.17. The van der Waals surface area contributed by atoms with Gasteiger partial charge in [0, 0.05) is 6.61 Å². The van der Waals surface area contributed by atoms with Crippen molar-refractivity contribution in [2.75, 3.05) is 6.61 Å². The summed E-state index contributed by atoms with van der Waals surface area (Å²) in [5.41, 5.74) is 2.27. The summed E-state index contributed by atoms with van der Waals surface area (Å²) in [5, 5.41) is 0. The highest BCUT2D eigenvalue weighted by molar-refractivity contribution is 5.74. The fraction of sp³-hybridized carbons (Fsp3) is 0.417. The van der Waals surface area contributed by atoms with E-state index in [0.717, 1.165) is 18.7 Å². The number of aromatic nitrogens is 2. The molecule has 1 fully saturated rings. The smallest absolute Gasteiger partial charge is 0.0959 e. The molecule has 0 amide bonds. The summed E-state index contributed by atoms with van der Waals surface area (Å²) in [4.78, 5) is 4.37. The molecular weight excluding hydrogens is 188 g/mol. The Bertz CT molecular complexity index is 457. The first kappa shape index (κ1) is 8.92. The topological polar surface area (TPSA) is 27.1 Å². The van der Waals surface area contributed by atoms with E-state index in [1.807, 2.05) is 18.5 Å². The van der Waals surface area contributed by atoms with Gasteiger partial charge in [0.2, 0.25) is 0 Å². The van der Waals surface area contributed by atoms with Crippen LogP contribution in [-0.4, -0.2) is 22.3 Å². The summed E-state index contributed by atoms with van der Waals surface area (Å²) in [7, 11) is 0. The fourth-order valence-corrected chi connectivity index (χ4v) is 2.16. The minimum Gasteiger partial charge on any atom is -0.376 e. The molecule has 0 saturated carbocycles. The first-order chi connectivity index (χ1) is 7.43. The Morgan fingerprint density at radius 3 is 3.20 bits per heavy atom. The van der Waals surface area contributed by atoms with Gasteiger partial charge in [0.1, 0.15) is 0 Å². The van der Waals surface area contributed by atoms with Gasteiger partial charge in [-0.15, -0.1) is 0 Å². The van der Waals surface area contributed by atoms with E-state index in [4.69, 9.17) is 4.74 Å². The zero-order valence-electron chi connectivity index (χ0n) is 8.60. The highest BCUT2D eigenvalue weighted by Gasteiger charge is 2.16. The van der Waals surface area contributed by atoms with E-state index in [2.05, 4.69) is 21.7 Å². The first-order valence-corrected chi connectivity index (χ1v) is 5.45. The highest BCUT2D eigenvalue weighted by atomic mass is 16.5. The molecule has 0 N–H and O–H groups in total. The minimum atomic E-state index is 0.377. The molecule has 0 aliphatic carbocycles. The summed E-state index contributed by atoms with van der Waals surface area (Å²) in [6.45, 7) is 1.85. The van der Waals surface area contributed by atoms with Gasteiger partial charge in [-0.2, -0.15) is 0 Å². The van der Waals surface area contributed by atoms with E-state index in [9.17, 15) is 0 Å². The molecule has 1 aliphatic heterocycles. The molecule has 1 aromatic heterocycles. The van der Waals surface area contributed by atoms with Crippen molar-refractivity contribution in [2.24, 2.45) is 0 Å². The molecule has 78 valence electrons. The Labute approximate surface area is 88.7 Å². The van der Waals surface area contributed by atoms with E-state index < -0.39 is 0 Å². The predicted octanol–water partition coefficient (Wildman–Crippen LogP) is 2.22. The van der Waals surface area contributed by atoms with Crippen molar-refractivity contribution >= 4 is 11.0 Å². The average Bonchev–Trinajstić information content (AvgIpc) is 2.89. The lowest BCUT2D eigenvalue weighted by Gasteiger charge is -2.10. The van der Waals surface area contributed by atoms with Gasteiger partial charge >= 0.3 is 0 Å². The van der Waals surface area contributed by atoms with Crippen LogP contribution in [0.4, 0.5) is 0 Å². The van der Waals surface area contributed by atoms with Gasteiger partial charge in [0.25, 0.3) is 0 Å². The van der Waals surface area contributed by atoms with Crippen molar-refractivity contribution in [2.45, 2.75) is 25.5 Å². The number of ether oxygens (including phenoxy) is 1. The van der Waals surface area contributed by atoms with Gasteiger partial charge in [-0.25, -0.2) is 4.98 Å². The SMILES string of the molecule is c1ccc2c(c1)ncn2CC1CCCO1. The first-order valence-electron chi connectivity index (χ1n) is 5.45. The quantitative estimate of drug-likeness (QED) is 0.746. The summed E-state index contributed by atoms with van der Waals surface area (Å²) >= 11 is 0. The Hall–Kier alpha value is -1.35. The predicted molar refractivity (Wildman–Crippen MR) is 58.7 cm³/mol. The van der Waals surface area contributed by atoms with Crippen LogP contribution in [-0.2, 0) is 11.3 Å². The van der Waals surface area contributed by atoms with Crippen LogP contribution in [0, 0.1) is 0 Å². The van der Waals surface area contributed by atoms with Crippen molar-refractivity contribution in [3.05, 3.63) is 30.6 Å². The van der Waals surface area contributed by atoms with Crippen molar-refractivity contribution in [3.8, 4) is 0 Å². The number of fused-ring (bicyclic) bond motifs is 1. The second-order valence-corrected chi connectivity index (χ2v) is 4.02. The summed E-state index contributed by atoms with van der Waals surface area (Å²) in [6, 6.07) is 8.22. The third-order valence-electron chi connectivity index (χ3n) is 2.95. The molecule has 1 unspecified atom stereocenters. The van der Waals surface area contributed by atoms with E-state index in [-0.39, 0.29) is 0 Å². The molecule has 3 heteroatoms. The van der Waals surface area contributed by atoms with Crippen LogP contribution in [0.1, 0.15) is 12.8 Å². The van der Waals surface area contributed by atoms with E-state index in [1.165, 1.54) is 18.4 Å². The van der Waals surface area contributed by atoms with Gasteiger partial charge in [-0.3, -0.25) is 0 Å². The molecule has 1 atom stereocenters.